The summed E-state index contributed by atoms with van der Waals surface area (Å²) in [5, 5.41) is 2.83. The van der Waals surface area contributed by atoms with E-state index in [1.807, 2.05) is 64.0 Å². The van der Waals surface area contributed by atoms with Crippen LogP contribution in [0.2, 0.25) is 0 Å². The van der Waals surface area contributed by atoms with Crippen molar-refractivity contribution in [2.75, 3.05) is 30.9 Å². The lowest BCUT2D eigenvalue weighted by molar-refractivity contribution is -0.118. The molecule has 0 aliphatic rings. The number of carbonyl (C=O) groups excluding carboxylic acids is 1. The molecule has 0 aliphatic carbocycles. The lowest BCUT2D eigenvalue weighted by atomic mass is 10.2. The number of rotatable bonds is 5. The van der Waals surface area contributed by atoms with Crippen LogP contribution in [0.4, 0.5) is 11.6 Å². The molecule has 0 radical (unpaired) electrons. The average molecular weight is 314 g/mol. The monoisotopic (exact) mass is 314 g/mol. The molecule has 1 amide bonds. The quantitative estimate of drug-likeness (QED) is 0.918. The number of aromatic nitrogens is 2. The molecule has 0 fully saturated rings. The highest BCUT2D eigenvalue weighted by atomic mass is 16.5. The number of anilines is 2. The highest BCUT2D eigenvalue weighted by Crippen LogP contribution is 2.20. The van der Waals surface area contributed by atoms with Gasteiger partial charge in [0, 0.05) is 14.1 Å². The number of carbonyl (C=O) groups is 1. The lowest BCUT2D eigenvalue weighted by Gasteiger charge is -2.16. The van der Waals surface area contributed by atoms with Crippen LogP contribution in [-0.2, 0) is 4.79 Å². The number of ether oxygens (including phenoxy) is 1. The Balaban J connectivity index is 2.05. The van der Waals surface area contributed by atoms with Gasteiger partial charge in [-0.3, -0.25) is 4.79 Å². The maximum absolute atomic E-state index is 12.1. The Hall–Kier alpha value is -2.63. The van der Waals surface area contributed by atoms with Crippen LogP contribution in [-0.4, -0.2) is 36.6 Å². The highest BCUT2D eigenvalue weighted by Gasteiger charge is 2.13. The summed E-state index contributed by atoms with van der Waals surface area (Å²) in [7, 11) is 3.75. The Bertz CT molecular complexity index is 690. The van der Waals surface area contributed by atoms with Crippen molar-refractivity contribution in [3.63, 3.8) is 0 Å². The number of aryl methyl sites for hydroxylation is 3. The Morgan fingerprint density at radius 2 is 1.74 bits per heavy atom. The zero-order valence-electron chi connectivity index (χ0n) is 14.2. The Kier molecular flexibility index (Phi) is 5.16. The van der Waals surface area contributed by atoms with E-state index in [4.69, 9.17) is 4.74 Å². The van der Waals surface area contributed by atoms with E-state index < -0.39 is 0 Å². The third-order valence-electron chi connectivity index (χ3n) is 3.38. The zero-order chi connectivity index (χ0) is 17.0. The summed E-state index contributed by atoms with van der Waals surface area (Å²) in [5.41, 5.74) is 3.08. The number of benzene rings is 1. The number of hydrogen-bond donors (Lipinski definition) is 1. The standard InChI is InChI=1S/C17H22N4O2/c1-11-8-6-7-9-14(11)23-10-15(22)20-16-12(2)18-17(21(4)5)19-13(16)3/h6-9H,10H2,1-5H3,(H,20,22). The first kappa shape index (κ1) is 16.7. The van der Waals surface area contributed by atoms with Gasteiger partial charge in [0.15, 0.2) is 6.61 Å². The van der Waals surface area contributed by atoms with Crippen molar-refractivity contribution in [1.29, 1.82) is 0 Å². The largest absolute Gasteiger partial charge is 0.483 e. The molecule has 0 unspecified atom stereocenters. The predicted molar refractivity (Wildman–Crippen MR) is 91.1 cm³/mol. The van der Waals surface area contributed by atoms with Gasteiger partial charge in [0.1, 0.15) is 5.75 Å². The number of para-hydroxylation sites is 1. The fourth-order valence-electron chi connectivity index (χ4n) is 2.12. The van der Waals surface area contributed by atoms with Gasteiger partial charge in [-0.05, 0) is 32.4 Å². The van der Waals surface area contributed by atoms with Crippen molar-refractivity contribution in [3.8, 4) is 5.75 Å². The Morgan fingerprint density at radius 1 is 1.13 bits per heavy atom. The predicted octanol–water partition coefficient (Wildman–Crippen LogP) is 2.49. The summed E-state index contributed by atoms with van der Waals surface area (Å²) in [6.45, 7) is 5.58. The van der Waals surface area contributed by atoms with Crippen LogP contribution in [0.1, 0.15) is 17.0 Å². The van der Waals surface area contributed by atoms with E-state index in [0.29, 0.717) is 17.4 Å². The topological polar surface area (TPSA) is 67.3 Å². The number of nitrogens with one attached hydrogen (secondary N) is 1. The minimum atomic E-state index is -0.236. The van der Waals surface area contributed by atoms with Crippen LogP contribution in [0.5, 0.6) is 5.75 Å². The van der Waals surface area contributed by atoms with Crippen molar-refractivity contribution >= 4 is 17.5 Å². The number of amides is 1. The minimum Gasteiger partial charge on any atom is -0.483 e. The van der Waals surface area contributed by atoms with E-state index in [1.54, 1.807) is 0 Å². The summed E-state index contributed by atoms with van der Waals surface area (Å²) in [6, 6.07) is 7.59. The van der Waals surface area contributed by atoms with Crippen LogP contribution in [0, 0.1) is 20.8 Å². The molecule has 0 spiro atoms. The number of hydrogen-bond acceptors (Lipinski definition) is 5. The van der Waals surface area contributed by atoms with Gasteiger partial charge in [0.25, 0.3) is 5.91 Å². The third kappa shape index (κ3) is 4.18. The van der Waals surface area contributed by atoms with E-state index >= 15 is 0 Å². The van der Waals surface area contributed by atoms with Crippen molar-refractivity contribution < 1.29 is 9.53 Å². The van der Waals surface area contributed by atoms with Gasteiger partial charge in [-0.2, -0.15) is 0 Å². The summed E-state index contributed by atoms with van der Waals surface area (Å²) >= 11 is 0. The molecule has 1 N–H and O–H groups in total. The maximum Gasteiger partial charge on any atom is 0.262 e. The number of nitrogens with zero attached hydrogens (tertiary/aromatic N) is 3. The molecule has 0 saturated carbocycles. The van der Waals surface area contributed by atoms with Gasteiger partial charge in [-0.25, -0.2) is 9.97 Å². The maximum atomic E-state index is 12.1. The van der Waals surface area contributed by atoms with Crippen LogP contribution >= 0.6 is 0 Å². The molecule has 0 aliphatic heterocycles. The molecule has 0 atom stereocenters. The smallest absolute Gasteiger partial charge is 0.262 e. The Morgan fingerprint density at radius 3 is 2.30 bits per heavy atom. The molecular formula is C17H22N4O2. The van der Waals surface area contributed by atoms with Crippen molar-refractivity contribution in [2.45, 2.75) is 20.8 Å². The molecule has 6 nitrogen and oxygen atoms in total. The van der Waals surface area contributed by atoms with E-state index in [9.17, 15) is 4.79 Å². The fourth-order valence-corrected chi connectivity index (χ4v) is 2.12. The molecule has 2 aromatic rings. The average Bonchev–Trinajstić information content (AvgIpc) is 2.49. The summed E-state index contributed by atoms with van der Waals surface area (Å²) in [6.07, 6.45) is 0. The van der Waals surface area contributed by atoms with Gasteiger partial charge >= 0.3 is 0 Å². The van der Waals surface area contributed by atoms with Gasteiger partial charge in [0.2, 0.25) is 5.95 Å². The first-order valence-corrected chi connectivity index (χ1v) is 7.39. The highest BCUT2D eigenvalue weighted by molar-refractivity contribution is 5.93. The van der Waals surface area contributed by atoms with Crippen molar-refractivity contribution in [1.82, 2.24) is 9.97 Å². The first-order valence-electron chi connectivity index (χ1n) is 7.39. The molecule has 1 heterocycles. The molecule has 122 valence electrons. The van der Waals surface area contributed by atoms with Gasteiger partial charge in [0.05, 0.1) is 17.1 Å². The molecule has 6 heteroatoms. The summed E-state index contributed by atoms with van der Waals surface area (Å²) in [5.74, 6) is 1.09. The normalized spacial score (nSPS) is 10.3. The second-order valence-electron chi connectivity index (χ2n) is 5.57. The van der Waals surface area contributed by atoms with Crippen LogP contribution in [0.15, 0.2) is 24.3 Å². The second-order valence-corrected chi connectivity index (χ2v) is 5.57. The molecule has 0 bridgehead atoms. The van der Waals surface area contributed by atoms with Crippen LogP contribution in [0.3, 0.4) is 0 Å². The fraction of sp³-hybridized carbons (Fsp3) is 0.353. The van der Waals surface area contributed by atoms with Crippen molar-refractivity contribution in [3.05, 3.63) is 41.2 Å². The zero-order valence-corrected chi connectivity index (χ0v) is 14.2. The van der Waals surface area contributed by atoms with Crippen LogP contribution < -0.4 is 15.0 Å². The van der Waals surface area contributed by atoms with E-state index in [0.717, 1.165) is 17.0 Å². The van der Waals surface area contributed by atoms with E-state index in [1.165, 1.54) is 0 Å². The molecule has 0 saturated heterocycles. The van der Waals surface area contributed by atoms with Gasteiger partial charge in [-0.15, -0.1) is 0 Å². The minimum absolute atomic E-state index is 0.0564. The molecule has 1 aromatic carbocycles. The van der Waals surface area contributed by atoms with E-state index in [-0.39, 0.29) is 12.5 Å². The summed E-state index contributed by atoms with van der Waals surface area (Å²) in [4.78, 5) is 22.7. The van der Waals surface area contributed by atoms with Gasteiger partial charge < -0.3 is 15.0 Å². The SMILES string of the molecule is Cc1ccccc1OCC(=O)Nc1c(C)nc(N(C)C)nc1C. The summed E-state index contributed by atoms with van der Waals surface area (Å²) < 4.78 is 5.55. The second kappa shape index (κ2) is 7.09. The first-order chi connectivity index (χ1) is 10.9. The molecule has 2 rings (SSSR count). The lowest BCUT2D eigenvalue weighted by Crippen LogP contribution is -2.23. The molecule has 23 heavy (non-hydrogen) atoms. The van der Waals surface area contributed by atoms with E-state index in [2.05, 4.69) is 15.3 Å². The van der Waals surface area contributed by atoms with Crippen molar-refractivity contribution in [2.24, 2.45) is 0 Å². The Labute approximate surface area is 136 Å². The molecular weight excluding hydrogens is 292 g/mol. The molecule has 1 aromatic heterocycles. The van der Waals surface area contributed by atoms with Gasteiger partial charge in [-0.1, -0.05) is 18.2 Å². The third-order valence-corrected chi connectivity index (χ3v) is 3.38. The van der Waals surface area contributed by atoms with Crippen LogP contribution in [0.25, 0.3) is 0 Å².